The molecule has 1 rings (SSSR count). The SMILES string of the molecule is CNC(=O)C(CC(C)C)NC(=O)CCNC(=O)c1ccc(Cl)cc1. The summed E-state index contributed by atoms with van der Waals surface area (Å²) in [5.74, 6) is -0.496. The first-order chi connectivity index (χ1) is 11.3. The number of carbonyl (C=O) groups excluding carboxylic acids is 3. The van der Waals surface area contributed by atoms with Crippen LogP contribution in [0.25, 0.3) is 0 Å². The summed E-state index contributed by atoms with van der Waals surface area (Å²) in [6.45, 7) is 4.15. The standard InChI is InChI=1S/C17H24ClN3O3/c1-11(2)10-14(17(24)19-3)21-15(22)8-9-20-16(23)12-4-6-13(18)7-5-12/h4-7,11,14H,8-10H2,1-3H3,(H,19,24)(H,20,23)(H,21,22). The van der Waals surface area contributed by atoms with Gasteiger partial charge in [-0.2, -0.15) is 0 Å². The molecule has 0 heterocycles. The zero-order valence-corrected chi connectivity index (χ0v) is 14.9. The van der Waals surface area contributed by atoms with Gasteiger partial charge in [-0.15, -0.1) is 0 Å². The lowest BCUT2D eigenvalue weighted by atomic mass is 10.0. The number of amides is 3. The van der Waals surface area contributed by atoms with Crippen LogP contribution < -0.4 is 16.0 Å². The lowest BCUT2D eigenvalue weighted by Gasteiger charge is -2.19. The molecule has 132 valence electrons. The summed E-state index contributed by atoms with van der Waals surface area (Å²) in [7, 11) is 1.54. The van der Waals surface area contributed by atoms with Crippen LogP contribution in [-0.2, 0) is 9.59 Å². The number of benzene rings is 1. The van der Waals surface area contributed by atoms with E-state index < -0.39 is 6.04 Å². The van der Waals surface area contributed by atoms with Crippen LogP contribution in [0.4, 0.5) is 0 Å². The third-order valence-corrected chi connectivity index (χ3v) is 3.60. The Morgan fingerprint density at radius 2 is 1.75 bits per heavy atom. The molecular weight excluding hydrogens is 330 g/mol. The molecule has 0 aliphatic carbocycles. The Morgan fingerprint density at radius 1 is 1.12 bits per heavy atom. The molecule has 1 unspecified atom stereocenters. The second-order valence-electron chi connectivity index (χ2n) is 5.88. The number of carbonyl (C=O) groups is 3. The highest BCUT2D eigenvalue weighted by molar-refractivity contribution is 6.30. The van der Waals surface area contributed by atoms with E-state index in [1.54, 1.807) is 24.3 Å². The summed E-state index contributed by atoms with van der Waals surface area (Å²) in [6.07, 6.45) is 0.660. The quantitative estimate of drug-likeness (QED) is 0.665. The van der Waals surface area contributed by atoms with Crippen molar-refractivity contribution in [1.29, 1.82) is 0 Å². The molecule has 0 saturated heterocycles. The first-order valence-electron chi connectivity index (χ1n) is 7.88. The Bertz CT molecular complexity index is 573. The van der Waals surface area contributed by atoms with Gasteiger partial charge in [0.2, 0.25) is 11.8 Å². The molecule has 0 radical (unpaired) electrons. The van der Waals surface area contributed by atoms with E-state index in [0.29, 0.717) is 17.0 Å². The van der Waals surface area contributed by atoms with E-state index in [9.17, 15) is 14.4 Å². The molecule has 0 aliphatic heterocycles. The molecule has 3 amide bonds. The fourth-order valence-corrected chi connectivity index (χ4v) is 2.26. The molecule has 0 spiro atoms. The summed E-state index contributed by atoms with van der Waals surface area (Å²) in [4.78, 5) is 35.6. The van der Waals surface area contributed by atoms with Gasteiger partial charge in [0.15, 0.2) is 0 Å². The van der Waals surface area contributed by atoms with Gasteiger partial charge in [0.05, 0.1) is 0 Å². The Kier molecular flexibility index (Phi) is 8.26. The van der Waals surface area contributed by atoms with Crippen LogP contribution >= 0.6 is 11.6 Å². The fraction of sp³-hybridized carbons (Fsp3) is 0.471. The summed E-state index contributed by atoms with van der Waals surface area (Å²) in [5.41, 5.74) is 0.475. The minimum atomic E-state index is -0.561. The third kappa shape index (κ3) is 7.00. The summed E-state index contributed by atoms with van der Waals surface area (Å²) in [5, 5.41) is 8.46. The first-order valence-corrected chi connectivity index (χ1v) is 8.26. The predicted molar refractivity (Wildman–Crippen MR) is 93.9 cm³/mol. The Balaban J connectivity index is 2.42. The number of hydrogen-bond donors (Lipinski definition) is 3. The van der Waals surface area contributed by atoms with E-state index in [1.807, 2.05) is 13.8 Å². The maximum Gasteiger partial charge on any atom is 0.251 e. The molecular formula is C17H24ClN3O3. The molecule has 0 fully saturated rings. The molecule has 0 saturated carbocycles. The van der Waals surface area contributed by atoms with Gasteiger partial charge in [-0.1, -0.05) is 25.4 Å². The van der Waals surface area contributed by atoms with Crippen LogP contribution in [0.15, 0.2) is 24.3 Å². The molecule has 24 heavy (non-hydrogen) atoms. The second-order valence-corrected chi connectivity index (χ2v) is 6.31. The smallest absolute Gasteiger partial charge is 0.251 e. The van der Waals surface area contributed by atoms with Gasteiger partial charge >= 0.3 is 0 Å². The number of halogens is 1. The van der Waals surface area contributed by atoms with Crippen molar-refractivity contribution in [2.24, 2.45) is 5.92 Å². The summed E-state index contributed by atoms with van der Waals surface area (Å²) < 4.78 is 0. The molecule has 0 bridgehead atoms. The monoisotopic (exact) mass is 353 g/mol. The van der Waals surface area contributed by atoms with Crippen molar-refractivity contribution in [3.63, 3.8) is 0 Å². The van der Waals surface area contributed by atoms with Crippen LogP contribution in [0.2, 0.25) is 5.02 Å². The average Bonchev–Trinajstić information content (AvgIpc) is 2.53. The van der Waals surface area contributed by atoms with E-state index in [2.05, 4.69) is 16.0 Å². The van der Waals surface area contributed by atoms with Crippen molar-refractivity contribution >= 4 is 29.3 Å². The number of rotatable bonds is 8. The summed E-state index contributed by atoms with van der Waals surface area (Å²) >= 11 is 5.77. The van der Waals surface area contributed by atoms with Crippen LogP contribution in [0.5, 0.6) is 0 Å². The predicted octanol–water partition coefficient (Wildman–Crippen LogP) is 1.74. The van der Waals surface area contributed by atoms with E-state index in [0.717, 1.165) is 0 Å². The van der Waals surface area contributed by atoms with Gasteiger partial charge in [-0.05, 0) is 36.6 Å². The van der Waals surface area contributed by atoms with Crippen molar-refractivity contribution in [2.45, 2.75) is 32.7 Å². The van der Waals surface area contributed by atoms with Gasteiger partial charge < -0.3 is 16.0 Å². The average molecular weight is 354 g/mol. The largest absolute Gasteiger partial charge is 0.357 e. The third-order valence-electron chi connectivity index (χ3n) is 3.35. The van der Waals surface area contributed by atoms with Gasteiger partial charge in [0, 0.05) is 30.6 Å². The van der Waals surface area contributed by atoms with Crippen LogP contribution in [0, 0.1) is 5.92 Å². The second kappa shape index (κ2) is 9.93. The lowest BCUT2D eigenvalue weighted by Crippen LogP contribution is -2.47. The van der Waals surface area contributed by atoms with Crippen molar-refractivity contribution in [2.75, 3.05) is 13.6 Å². The number of nitrogens with one attached hydrogen (secondary N) is 3. The van der Waals surface area contributed by atoms with Crippen molar-refractivity contribution in [3.8, 4) is 0 Å². The van der Waals surface area contributed by atoms with Gasteiger partial charge in [-0.25, -0.2) is 0 Å². The van der Waals surface area contributed by atoms with Crippen molar-refractivity contribution in [1.82, 2.24) is 16.0 Å². The van der Waals surface area contributed by atoms with Crippen LogP contribution in [0.1, 0.15) is 37.0 Å². The molecule has 0 aliphatic rings. The number of hydrogen-bond acceptors (Lipinski definition) is 3. The molecule has 3 N–H and O–H groups in total. The molecule has 0 aromatic heterocycles. The highest BCUT2D eigenvalue weighted by Gasteiger charge is 2.20. The highest BCUT2D eigenvalue weighted by Crippen LogP contribution is 2.09. The van der Waals surface area contributed by atoms with Gasteiger partial charge in [0.25, 0.3) is 5.91 Å². The Labute approximate surface area is 147 Å². The van der Waals surface area contributed by atoms with E-state index in [-0.39, 0.29) is 36.6 Å². The van der Waals surface area contributed by atoms with Crippen LogP contribution in [0.3, 0.4) is 0 Å². The van der Waals surface area contributed by atoms with Crippen molar-refractivity contribution < 1.29 is 14.4 Å². The maximum absolute atomic E-state index is 12.0. The lowest BCUT2D eigenvalue weighted by molar-refractivity contribution is -0.129. The van der Waals surface area contributed by atoms with Crippen LogP contribution in [-0.4, -0.2) is 37.4 Å². The summed E-state index contributed by atoms with van der Waals surface area (Å²) in [6, 6.07) is 5.92. The minimum Gasteiger partial charge on any atom is -0.357 e. The molecule has 1 atom stereocenters. The molecule has 1 aromatic rings. The normalized spacial score (nSPS) is 11.7. The van der Waals surface area contributed by atoms with E-state index >= 15 is 0 Å². The molecule has 6 nitrogen and oxygen atoms in total. The van der Waals surface area contributed by atoms with E-state index in [4.69, 9.17) is 11.6 Å². The zero-order chi connectivity index (χ0) is 18.1. The fourth-order valence-electron chi connectivity index (χ4n) is 2.14. The highest BCUT2D eigenvalue weighted by atomic mass is 35.5. The van der Waals surface area contributed by atoms with E-state index in [1.165, 1.54) is 7.05 Å². The van der Waals surface area contributed by atoms with Crippen molar-refractivity contribution in [3.05, 3.63) is 34.9 Å². The maximum atomic E-state index is 12.0. The Morgan fingerprint density at radius 3 is 2.29 bits per heavy atom. The molecule has 1 aromatic carbocycles. The first kappa shape index (κ1) is 20.0. The molecule has 7 heteroatoms. The minimum absolute atomic E-state index is 0.102. The van der Waals surface area contributed by atoms with Gasteiger partial charge in [-0.3, -0.25) is 14.4 Å². The Hall–Kier alpha value is -2.08. The topological polar surface area (TPSA) is 87.3 Å². The van der Waals surface area contributed by atoms with Gasteiger partial charge in [0.1, 0.15) is 6.04 Å². The number of likely N-dealkylation sites (N-methyl/N-ethyl adjacent to an activating group) is 1. The zero-order valence-electron chi connectivity index (χ0n) is 14.2.